The summed E-state index contributed by atoms with van der Waals surface area (Å²) >= 11 is 7.52. The first kappa shape index (κ1) is 21.4. The maximum absolute atomic E-state index is 13.3. The van der Waals surface area contributed by atoms with Gasteiger partial charge in [0.05, 0.1) is 26.5 Å². The molecular formula is C20H19ClF3N3OS. The number of fused-ring (bicyclic) bond motifs is 1. The number of carbonyl (C=O) groups is 1. The first-order chi connectivity index (χ1) is 13.6. The van der Waals surface area contributed by atoms with E-state index in [2.05, 4.69) is 10.3 Å². The molecule has 0 aliphatic heterocycles. The molecule has 0 aliphatic rings. The van der Waals surface area contributed by atoms with Gasteiger partial charge in [-0.2, -0.15) is 13.2 Å². The van der Waals surface area contributed by atoms with E-state index in [4.69, 9.17) is 11.6 Å². The molecule has 0 saturated carbocycles. The Morgan fingerprint density at radius 2 is 1.97 bits per heavy atom. The number of thiazole rings is 1. The molecule has 0 saturated heterocycles. The lowest BCUT2D eigenvalue weighted by Crippen LogP contribution is -2.36. The number of nitrogens with one attached hydrogen (secondary N) is 1. The highest BCUT2D eigenvalue weighted by molar-refractivity contribution is 7.22. The number of hydrogen-bond donors (Lipinski definition) is 1. The van der Waals surface area contributed by atoms with E-state index < -0.39 is 11.7 Å². The molecule has 154 valence electrons. The molecule has 0 bridgehead atoms. The molecule has 0 unspecified atom stereocenters. The summed E-state index contributed by atoms with van der Waals surface area (Å²) in [6.07, 6.45) is -4.53. The Morgan fingerprint density at radius 1 is 1.24 bits per heavy atom. The average Bonchev–Trinajstić information content (AvgIpc) is 3.08. The Bertz CT molecular complexity index is 987. The topological polar surface area (TPSA) is 45.2 Å². The minimum Gasteiger partial charge on any atom is -0.354 e. The SMILES string of the molecule is CC(C)CNC(=O)CN(c1nc2ccccc2s1)c1cc(C(F)(F)F)ccc1Cl. The first-order valence-corrected chi connectivity index (χ1v) is 10.1. The summed E-state index contributed by atoms with van der Waals surface area (Å²) in [5.41, 5.74) is -0.0611. The van der Waals surface area contributed by atoms with Gasteiger partial charge in [0.2, 0.25) is 5.91 Å². The molecule has 0 atom stereocenters. The summed E-state index contributed by atoms with van der Waals surface area (Å²) in [5, 5.41) is 3.28. The average molecular weight is 442 g/mol. The molecule has 0 radical (unpaired) electrons. The number of nitrogens with zero attached hydrogens (tertiary/aromatic N) is 2. The highest BCUT2D eigenvalue weighted by Crippen LogP contribution is 2.40. The molecule has 29 heavy (non-hydrogen) atoms. The minimum atomic E-state index is -4.53. The summed E-state index contributed by atoms with van der Waals surface area (Å²) in [4.78, 5) is 18.4. The fourth-order valence-electron chi connectivity index (χ4n) is 2.64. The van der Waals surface area contributed by atoms with Gasteiger partial charge in [-0.3, -0.25) is 4.79 Å². The van der Waals surface area contributed by atoms with E-state index in [1.165, 1.54) is 22.3 Å². The lowest BCUT2D eigenvalue weighted by atomic mass is 10.1. The van der Waals surface area contributed by atoms with Gasteiger partial charge in [-0.15, -0.1) is 0 Å². The number of carbonyl (C=O) groups excluding carboxylic acids is 1. The third kappa shape index (κ3) is 5.19. The van der Waals surface area contributed by atoms with Crippen molar-refractivity contribution in [3.8, 4) is 0 Å². The molecule has 3 rings (SSSR count). The molecule has 1 amide bonds. The van der Waals surface area contributed by atoms with E-state index in [0.717, 1.165) is 16.8 Å². The molecule has 2 aromatic carbocycles. The lowest BCUT2D eigenvalue weighted by Gasteiger charge is -2.24. The van der Waals surface area contributed by atoms with Crippen LogP contribution in [-0.2, 0) is 11.0 Å². The van der Waals surface area contributed by atoms with Crippen LogP contribution in [0.15, 0.2) is 42.5 Å². The zero-order valence-corrected chi connectivity index (χ0v) is 17.3. The van der Waals surface area contributed by atoms with Crippen LogP contribution < -0.4 is 10.2 Å². The molecule has 1 N–H and O–H groups in total. The van der Waals surface area contributed by atoms with Crippen molar-refractivity contribution in [3.63, 3.8) is 0 Å². The number of halogens is 4. The second kappa shape index (κ2) is 8.59. The predicted molar refractivity (Wildman–Crippen MR) is 111 cm³/mol. The Morgan fingerprint density at radius 3 is 2.62 bits per heavy atom. The predicted octanol–water partition coefficient (Wildman–Crippen LogP) is 5.88. The van der Waals surface area contributed by atoms with Crippen molar-refractivity contribution >= 4 is 49.9 Å². The van der Waals surface area contributed by atoms with Gasteiger partial charge in [0.15, 0.2) is 5.13 Å². The summed E-state index contributed by atoms with van der Waals surface area (Å²) < 4.78 is 40.6. The Hall–Kier alpha value is -2.32. The van der Waals surface area contributed by atoms with Crippen LogP contribution in [0.3, 0.4) is 0 Å². The summed E-state index contributed by atoms with van der Waals surface area (Å²) in [6.45, 7) is 4.17. The van der Waals surface area contributed by atoms with Gasteiger partial charge in [-0.25, -0.2) is 4.98 Å². The number of alkyl halides is 3. The molecule has 0 spiro atoms. The molecular weight excluding hydrogens is 423 g/mol. The molecule has 1 aromatic heterocycles. The van der Waals surface area contributed by atoms with Crippen LogP contribution in [0.5, 0.6) is 0 Å². The van der Waals surface area contributed by atoms with Crippen LogP contribution in [0, 0.1) is 5.92 Å². The van der Waals surface area contributed by atoms with Crippen LogP contribution in [0.4, 0.5) is 24.0 Å². The van der Waals surface area contributed by atoms with Crippen molar-refractivity contribution in [1.82, 2.24) is 10.3 Å². The van der Waals surface area contributed by atoms with Gasteiger partial charge in [0, 0.05) is 6.54 Å². The number of anilines is 2. The largest absolute Gasteiger partial charge is 0.416 e. The number of benzene rings is 2. The normalized spacial score (nSPS) is 11.8. The fourth-order valence-corrected chi connectivity index (χ4v) is 3.84. The van der Waals surface area contributed by atoms with Gasteiger partial charge in [0.25, 0.3) is 0 Å². The smallest absolute Gasteiger partial charge is 0.354 e. The van der Waals surface area contributed by atoms with Gasteiger partial charge in [-0.1, -0.05) is 48.9 Å². The van der Waals surface area contributed by atoms with Crippen molar-refractivity contribution < 1.29 is 18.0 Å². The van der Waals surface area contributed by atoms with E-state index in [0.29, 0.717) is 17.2 Å². The highest BCUT2D eigenvalue weighted by Gasteiger charge is 2.32. The van der Waals surface area contributed by atoms with E-state index in [-0.39, 0.29) is 29.1 Å². The van der Waals surface area contributed by atoms with Crippen molar-refractivity contribution in [2.75, 3.05) is 18.0 Å². The quantitative estimate of drug-likeness (QED) is 0.519. The molecule has 1 heterocycles. The zero-order valence-electron chi connectivity index (χ0n) is 15.8. The van der Waals surface area contributed by atoms with Crippen LogP contribution in [0.2, 0.25) is 5.02 Å². The second-order valence-electron chi connectivity index (χ2n) is 6.91. The maximum Gasteiger partial charge on any atom is 0.416 e. The number of para-hydroxylation sites is 1. The summed E-state index contributed by atoms with van der Waals surface area (Å²) in [7, 11) is 0. The van der Waals surface area contributed by atoms with Crippen LogP contribution in [0.1, 0.15) is 19.4 Å². The van der Waals surface area contributed by atoms with Gasteiger partial charge in [-0.05, 0) is 36.2 Å². The third-order valence-corrected chi connectivity index (χ3v) is 5.47. The number of hydrogen-bond acceptors (Lipinski definition) is 4. The van der Waals surface area contributed by atoms with Gasteiger partial charge < -0.3 is 10.2 Å². The second-order valence-corrected chi connectivity index (χ2v) is 8.33. The molecule has 3 aromatic rings. The maximum atomic E-state index is 13.3. The summed E-state index contributed by atoms with van der Waals surface area (Å²) in [6, 6.07) is 10.4. The van der Waals surface area contributed by atoms with Crippen molar-refractivity contribution in [2.24, 2.45) is 5.92 Å². The number of amides is 1. The molecule has 0 aliphatic carbocycles. The summed E-state index contributed by atoms with van der Waals surface area (Å²) in [5.74, 6) is -0.0848. The zero-order chi connectivity index (χ0) is 21.2. The number of rotatable bonds is 6. The molecule has 9 heteroatoms. The minimum absolute atomic E-state index is 0.0836. The Balaban J connectivity index is 2.04. The van der Waals surface area contributed by atoms with E-state index in [1.807, 2.05) is 32.0 Å². The Labute approximate surface area is 175 Å². The van der Waals surface area contributed by atoms with E-state index in [9.17, 15) is 18.0 Å². The van der Waals surface area contributed by atoms with E-state index in [1.54, 1.807) is 6.07 Å². The van der Waals surface area contributed by atoms with Crippen LogP contribution >= 0.6 is 22.9 Å². The first-order valence-electron chi connectivity index (χ1n) is 8.91. The molecule has 4 nitrogen and oxygen atoms in total. The fraction of sp³-hybridized carbons (Fsp3) is 0.300. The van der Waals surface area contributed by atoms with Crippen molar-refractivity contribution in [3.05, 3.63) is 53.1 Å². The van der Waals surface area contributed by atoms with Crippen molar-refractivity contribution in [2.45, 2.75) is 20.0 Å². The van der Waals surface area contributed by atoms with Gasteiger partial charge >= 0.3 is 6.18 Å². The van der Waals surface area contributed by atoms with Crippen molar-refractivity contribution in [1.29, 1.82) is 0 Å². The lowest BCUT2D eigenvalue weighted by molar-refractivity contribution is -0.137. The Kier molecular flexibility index (Phi) is 6.33. The van der Waals surface area contributed by atoms with Crippen LogP contribution in [0.25, 0.3) is 10.2 Å². The monoisotopic (exact) mass is 441 g/mol. The van der Waals surface area contributed by atoms with Crippen LogP contribution in [-0.4, -0.2) is 24.0 Å². The van der Waals surface area contributed by atoms with E-state index >= 15 is 0 Å². The number of aromatic nitrogens is 1. The third-order valence-electron chi connectivity index (χ3n) is 4.09. The standard InChI is InChI=1S/C20H19ClF3N3OS/c1-12(2)10-25-18(28)11-27(19-26-15-5-3-4-6-17(15)29-19)16-9-13(20(22,23)24)7-8-14(16)21/h3-9,12H,10-11H2,1-2H3,(H,25,28). The molecule has 0 fully saturated rings. The van der Waals surface area contributed by atoms with Gasteiger partial charge in [0.1, 0.15) is 6.54 Å². The highest BCUT2D eigenvalue weighted by atomic mass is 35.5.